The monoisotopic (exact) mass is 453 g/mol. The maximum absolute atomic E-state index is 13.3. The van der Waals surface area contributed by atoms with E-state index in [0.717, 1.165) is 44.1 Å². The van der Waals surface area contributed by atoms with Gasteiger partial charge in [0, 0.05) is 17.5 Å². The van der Waals surface area contributed by atoms with Crippen molar-refractivity contribution in [2.75, 3.05) is 19.4 Å². The van der Waals surface area contributed by atoms with Crippen LogP contribution in [0.1, 0.15) is 5.56 Å². The van der Waals surface area contributed by atoms with Crippen LogP contribution in [0.5, 0.6) is 5.75 Å². The van der Waals surface area contributed by atoms with Gasteiger partial charge in [-0.05, 0) is 41.8 Å². The normalized spacial score (nSPS) is 10.9. The van der Waals surface area contributed by atoms with E-state index >= 15 is 0 Å². The fraction of sp³-hybridized carbons (Fsp3) is 0.174. The van der Waals surface area contributed by atoms with Crippen LogP contribution in [0, 0.1) is 5.82 Å². The first-order valence-corrected chi connectivity index (χ1v) is 11.5. The number of amides is 1. The van der Waals surface area contributed by atoms with Gasteiger partial charge in [-0.3, -0.25) is 4.79 Å². The van der Waals surface area contributed by atoms with E-state index in [2.05, 4.69) is 15.3 Å². The number of thioether (sulfide) groups is 1. The molecular formula is C23H20FN3O2S2. The maximum Gasteiger partial charge on any atom is 0.230 e. The number of fused-ring (bicyclic) bond motifs is 1. The topological polar surface area (TPSA) is 64.1 Å². The van der Waals surface area contributed by atoms with Crippen LogP contribution in [0.4, 0.5) is 4.39 Å². The van der Waals surface area contributed by atoms with Crippen molar-refractivity contribution >= 4 is 39.2 Å². The highest BCUT2D eigenvalue weighted by Gasteiger charge is 2.15. The van der Waals surface area contributed by atoms with Crippen LogP contribution < -0.4 is 10.1 Å². The van der Waals surface area contributed by atoms with E-state index in [-0.39, 0.29) is 17.5 Å². The lowest BCUT2D eigenvalue weighted by atomic mass is 10.1. The first kappa shape index (κ1) is 21.3. The average Bonchev–Trinajstić information content (AvgIpc) is 3.23. The lowest BCUT2D eigenvalue weighted by molar-refractivity contribution is -0.118. The van der Waals surface area contributed by atoms with Crippen molar-refractivity contribution in [3.63, 3.8) is 0 Å². The van der Waals surface area contributed by atoms with Crippen LogP contribution in [0.2, 0.25) is 0 Å². The highest BCUT2D eigenvalue weighted by molar-refractivity contribution is 8.00. The Morgan fingerprint density at radius 2 is 1.90 bits per heavy atom. The Morgan fingerprint density at radius 1 is 1.13 bits per heavy atom. The van der Waals surface area contributed by atoms with Crippen LogP contribution in [-0.4, -0.2) is 35.3 Å². The molecule has 0 aliphatic rings. The largest absolute Gasteiger partial charge is 0.497 e. The fourth-order valence-electron chi connectivity index (χ4n) is 3.12. The molecule has 2 aromatic carbocycles. The van der Waals surface area contributed by atoms with Crippen LogP contribution in [0.25, 0.3) is 21.3 Å². The molecule has 0 radical (unpaired) electrons. The first-order chi connectivity index (χ1) is 15.1. The molecule has 5 nitrogen and oxygen atoms in total. The summed E-state index contributed by atoms with van der Waals surface area (Å²) in [5.41, 5.74) is 2.98. The van der Waals surface area contributed by atoms with Crippen molar-refractivity contribution in [2.24, 2.45) is 0 Å². The Hall–Kier alpha value is -2.97. The number of rotatable bonds is 8. The van der Waals surface area contributed by atoms with Gasteiger partial charge in [0.25, 0.3) is 0 Å². The molecule has 0 spiro atoms. The summed E-state index contributed by atoms with van der Waals surface area (Å²) in [6.07, 6.45) is 2.26. The highest BCUT2D eigenvalue weighted by atomic mass is 32.2. The Bertz CT molecular complexity index is 1180. The lowest BCUT2D eigenvalue weighted by Gasteiger charge is -2.07. The molecule has 0 bridgehead atoms. The number of thiophene rings is 1. The molecule has 31 heavy (non-hydrogen) atoms. The van der Waals surface area contributed by atoms with E-state index in [1.54, 1.807) is 19.2 Å². The standard InChI is InChI=1S/C23H20FN3O2S2/c1-29-18-8-2-15(3-9-18)10-11-25-20(28)13-31-23-21-19(12-30-22(21)26-14-27-23)16-4-6-17(24)7-5-16/h2-9,12,14H,10-11,13H2,1H3,(H,25,28). The average molecular weight is 454 g/mol. The van der Waals surface area contributed by atoms with Gasteiger partial charge in [-0.25, -0.2) is 14.4 Å². The summed E-state index contributed by atoms with van der Waals surface area (Å²) in [6.45, 7) is 0.560. The molecule has 0 saturated carbocycles. The third-order valence-corrected chi connectivity index (χ3v) is 6.60. The van der Waals surface area contributed by atoms with Crippen LogP contribution >= 0.6 is 23.1 Å². The number of ether oxygens (including phenoxy) is 1. The van der Waals surface area contributed by atoms with Gasteiger partial charge in [0.2, 0.25) is 5.91 Å². The molecule has 0 aliphatic carbocycles. The fourth-order valence-corrected chi connectivity index (χ4v) is 4.95. The number of methoxy groups -OCH3 is 1. The Balaban J connectivity index is 1.38. The van der Waals surface area contributed by atoms with Gasteiger partial charge >= 0.3 is 0 Å². The van der Waals surface area contributed by atoms with Gasteiger partial charge < -0.3 is 10.1 Å². The smallest absolute Gasteiger partial charge is 0.230 e. The van der Waals surface area contributed by atoms with E-state index in [9.17, 15) is 9.18 Å². The van der Waals surface area contributed by atoms with Crippen molar-refractivity contribution in [3.05, 3.63) is 71.6 Å². The molecule has 2 heterocycles. The van der Waals surface area contributed by atoms with E-state index < -0.39 is 0 Å². The number of carbonyl (C=O) groups excluding carboxylic acids is 1. The summed E-state index contributed by atoms with van der Waals surface area (Å²) in [5.74, 6) is 0.742. The number of hydrogen-bond acceptors (Lipinski definition) is 6. The SMILES string of the molecule is COc1ccc(CCNC(=O)CSc2ncnc3scc(-c4ccc(F)cc4)c23)cc1. The molecule has 0 unspecified atom stereocenters. The van der Waals surface area contributed by atoms with Gasteiger partial charge in [-0.2, -0.15) is 0 Å². The van der Waals surface area contributed by atoms with Crippen molar-refractivity contribution in [1.82, 2.24) is 15.3 Å². The number of carbonyl (C=O) groups is 1. The molecule has 4 rings (SSSR count). The minimum Gasteiger partial charge on any atom is -0.497 e. The zero-order valence-corrected chi connectivity index (χ0v) is 18.4. The summed E-state index contributed by atoms with van der Waals surface area (Å²) in [6, 6.07) is 14.2. The molecule has 0 aliphatic heterocycles. The zero-order chi connectivity index (χ0) is 21.6. The number of aromatic nitrogens is 2. The van der Waals surface area contributed by atoms with E-state index in [0.29, 0.717) is 6.54 Å². The number of halogens is 1. The van der Waals surface area contributed by atoms with Gasteiger partial charge in [0.1, 0.15) is 27.8 Å². The Labute approximate surface area is 187 Å². The number of nitrogens with zero attached hydrogens (tertiary/aromatic N) is 2. The van der Waals surface area contributed by atoms with E-state index in [1.807, 2.05) is 29.6 Å². The molecule has 2 aromatic heterocycles. The van der Waals surface area contributed by atoms with E-state index in [4.69, 9.17) is 4.74 Å². The minimum absolute atomic E-state index is 0.0520. The van der Waals surface area contributed by atoms with Gasteiger partial charge in [0.05, 0.1) is 18.2 Å². The predicted octanol–water partition coefficient (Wildman–Crippen LogP) is 4.96. The number of nitrogens with one attached hydrogen (secondary N) is 1. The van der Waals surface area contributed by atoms with Crippen molar-refractivity contribution in [1.29, 1.82) is 0 Å². The number of hydrogen-bond donors (Lipinski definition) is 1. The molecule has 0 saturated heterocycles. The predicted molar refractivity (Wildman–Crippen MR) is 123 cm³/mol. The van der Waals surface area contributed by atoms with E-state index in [1.165, 1.54) is 41.6 Å². The molecule has 4 aromatic rings. The van der Waals surface area contributed by atoms with Crippen molar-refractivity contribution < 1.29 is 13.9 Å². The zero-order valence-electron chi connectivity index (χ0n) is 16.8. The molecule has 1 amide bonds. The lowest BCUT2D eigenvalue weighted by Crippen LogP contribution is -2.27. The first-order valence-electron chi connectivity index (χ1n) is 9.64. The minimum atomic E-state index is -0.277. The third kappa shape index (κ3) is 5.21. The maximum atomic E-state index is 13.3. The highest BCUT2D eigenvalue weighted by Crippen LogP contribution is 2.37. The second kappa shape index (κ2) is 9.89. The van der Waals surface area contributed by atoms with Crippen LogP contribution in [0.3, 0.4) is 0 Å². The summed E-state index contributed by atoms with van der Waals surface area (Å²) in [4.78, 5) is 21.9. The third-order valence-electron chi connectivity index (χ3n) is 4.73. The quantitative estimate of drug-likeness (QED) is 0.302. The van der Waals surface area contributed by atoms with Gasteiger partial charge in [0.15, 0.2) is 0 Å². The molecular weight excluding hydrogens is 433 g/mol. The molecule has 158 valence electrons. The van der Waals surface area contributed by atoms with Gasteiger partial charge in [-0.15, -0.1) is 11.3 Å². The van der Waals surface area contributed by atoms with Crippen LogP contribution in [-0.2, 0) is 11.2 Å². The summed E-state index contributed by atoms with van der Waals surface area (Å²) in [5, 5.41) is 6.59. The Morgan fingerprint density at radius 3 is 2.65 bits per heavy atom. The molecule has 1 N–H and O–H groups in total. The molecule has 0 atom stereocenters. The summed E-state index contributed by atoms with van der Waals surface area (Å²) >= 11 is 2.89. The summed E-state index contributed by atoms with van der Waals surface area (Å²) in [7, 11) is 1.64. The Kier molecular flexibility index (Phi) is 6.79. The van der Waals surface area contributed by atoms with Crippen molar-refractivity contribution in [3.8, 4) is 16.9 Å². The molecule has 8 heteroatoms. The van der Waals surface area contributed by atoms with Crippen LogP contribution in [0.15, 0.2) is 65.3 Å². The second-order valence-electron chi connectivity index (χ2n) is 6.75. The molecule has 0 fully saturated rings. The summed E-state index contributed by atoms with van der Waals surface area (Å²) < 4.78 is 18.5. The second-order valence-corrected chi connectivity index (χ2v) is 8.57. The number of benzene rings is 2. The van der Waals surface area contributed by atoms with Gasteiger partial charge in [-0.1, -0.05) is 36.0 Å². The van der Waals surface area contributed by atoms with Crippen molar-refractivity contribution in [2.45, 2.75) is 11.4 Å².